The molecule has 0 unspecified atom stereocenters. The Kier molecular flexibility index (Phi) is 37.0. The molecule has 254 valence electrons. The van der Waals surface area contributed by atoms with Crippen molar-refractivity contribution in [2.24, 2.45) is 0 Å². The summed E-state index contributed by atoms with van der Waals surface area (Å²) in [6.45, 7) is 9.82. The molecule has 0 aromatic carbocycles. The molecule has 0 N–H and O–H groups in total. The van der Waals surface area contributed by atoms with Gasteiger partial charge >= 0.3 is 0 Å². The Morgan fingerprint density at radius 3 is 0.524 bits per heavy atom. The number of hydrogen-bond donors (Lipinski definition) is 0. The molecule has 0 radical (unpaired) electrons. The fraction of sp³-hybridized carbons (Fsp3) is 1.00. The van der Waals surface area contributed by atoms with E-state index in [4.69, 9.17) is 0 Å². The molecule has 0 aromatic heterocycles. The summed E-state index contributed by atoms with van der Waals surface area (Å²) in [6.07, 6.45) is 46.3. The van der Waals surface area contributed by atoms with E-state index >= 15 is 0 Å². The molecule has 0 aliphatic rings. The summed E-state index contributed by atoms with van der Waals surface area (Å²) >= 11 is 0. The van der Waals surface area contributed by atoms with E-state index < -0.39 is 0 Å². The van der Waals surface area contributed by atoms with Gasteiger partial charge < -0.3 is 9.80 Å². The number of unbranched alkanes of at least 4 members (excludes halogenated alkanes) is 29. The van der Waals surface area contributed by atoms with E-state index in [2.05, 4.69) is 37.7 Å². The van der Waals surface area contributed by atoms with Crippen LogP contribution in [0.15, 0.2) is 0 Å². The van der Waals surface area contributed by atoms with Crippen molar-refractivity contribution in [3.63, 3.8) is 0 Å². The Balaban J connectivity index is 3.24. The molecular formula is C40H84N2. The van der Waals surface area contributed by atoms with Crippen molar-refractivity contribution in [2.75, 3.05) is 40.3 Å². The van der Waals surface area contributed by atoms with Crippen molar-refractivity contribution in [2.45, 2.75) is 219 Å². The van der Waals surface area contributed by atoms with Crippen molar-refractivity contribution in [3.8, 4) is 0 Å². The smallest absolute Gasteiger partial charge is 0.00218 e. The van der Waals surface area contributed by atoms with Crippen molar-refractivity contribution < 1.29 is 0 Å². The Hall–Kier alpha value is -0.0800. The maximum absolute atomic E-state index is 2.59. The Bertz CT molecular complexity index is 423. The van der Waals surface area contributed by atoms with Gasteiger partial charge in [-0.05, 0) is 66.0 Å². The van der Waals surface area contributed by atoms with Crippen LogP contribution in [0, 0.1) is 0 Å². The molecule has 0 amide bonds. The summed E-state index contributed by atoms with van der Waals surface area (Å²) in [6, 6.07) is 0. The molecule has 2 heteroatoms. The molecule has 0 saturated heterocycles. The third kappa shape index (κ3) is 36.1. The van der Waals surface area contributed by atoms with Crippen LogP contribution in [-0.4, -0.2) is 50.1 Å². The molecule has 0 rings (SSSR count). The predicted molar refractivity (Wildman–Crippen MR) is 194 cm³/mol. The lowest BCUT2D eigenvalue weighted by molar-refractivity contribution is 0.301. The zero-order chi connectivity index (χ0) is 30.6. The monoisotopic (exact) mass is 593 g/mol. The summed E-state index contributed by atoms with van der Waals surface area (Å²) in [5.74, 6) is 0. The first-order valence-corrected chi connectivity index (χ1v) is 20.1. The average molecular weight is 593 g/mol. The minimum Gasteiger partial charge on any atom is -0.306 e. The highest BCUT2D eigenvalue weighted by Gasteiger charge is 2.02. The molecular weight excluding hydrogens is 508 g/mol. The van der Waals surface area contributed by atoms with E-state index in [9.17, 15) is 0 Å². The number of nitrogens with zero attached hydrogens (tertiary/aromatic N) is 2. The largest absolute Gasteiger partial charge is 0.306 e. The van der Waals surface area contributed by atoms with Crippen LogP contribution in [0.1, 0.15) is 219 Å². The van der Waals surface area contributed by atoms with Crippen LogP contribution in [0.2, 0.25) is 0 Å². The Morgan fingerprint density at radius 2 is 0.357 bits per heavy atom. The van der Waals surface area contributed by atoms with Gasteiger partial charge in [0.05, 0.1) is 0 Å². The summed E-state index contributed by atoms with van der Waals surface area (Å²) in [4.78, 5) is 5.17. The second-order valence-electron chi connectivity index (χ2n) is 14.2. The third-order valence-electron chi connectivity index (χ3n) is 9.62. The maximum Gasteiger partial charge on any atom is -0.00218 e. The van der Waals surface area contributed by atoms with E-state index in [1.54, 1.807) is 0 Å². The predicted octanol–water partition coefficient (Wildman–Crippen LogP) is 13.4. The molecule has 0 heterocycles. The van der Waals surface area contributed by atoms with Gasteiger partial charge in [0.15, 0.2) is 0 Å². The zero-order valence-electron chi connectivity index (χ0n) is 30.4. The standard InChI is InChI=1S/C40H84N2/c1-5-7-9-11-13-15-17-19-21-23-25-27-29-33-37-41(3)39-35-31-32-36-40-42(4)38-34-30-28-26-24-22-20-18-16-14-12-10-8-6-2/h5-40H2,1-4H3. The lowest BCUT2D eigenvalue weighted by Gasteiger charge is -2.17. The normalized spacial score (nSPS) is 11.9. The summed E-state index contributed by atoms with van der Waals surface area (Å²) in [7, 11) is 4.68. The van der Waals surface area contributed by atoms with E-state index in [-0.39, 0.29) is 0 Å². The molecule has 0 spiro atoms. The first-order chi connectivity index (χ1) is 20.7. The van der Waals surface area contributed by atoms with Gasteiger partial charge in [0.25, 0.3) is 0 Å². The lowest BCUT2D eigenvalue weighted by atomic mass is 10.0. The highest BCUT2D eigenvalue weighted by Crippen LogP contribution is 2.15. The van der Waals surface area contributed by atoms with Crippen molar-refractivity contribution in [1.29, 1.82) is 0 Å². The quantitative estimate of drug-likeness (QED) is 0.0662. The van der Waals surface area contributed by atoms with Gasteiger partial charge in [0.2, 0.25) is 0 Å². The highest BCUT2D eigenvalue weighted by molar-refractivity contribution is 4.57. The number of rotatable bonds is 37. The van der Waals surface area contributed by atoms with Gasteiger partial charge in [0, 0.05) is 0 Å². The van der Waals surface area contributed by atoms with Gasteiger partial charge in [-0.3, -0.25) is 0 Å². The van der Waals surface area contributed by atoms with Crippen molar-refractivity contribution >= 4 is 0 Å². The molecule has 0 atom stereocenters. The van der Waals surface area contributed by atoms with Gasteiger partial charge in [-0.1, -0.05) is 194 Å². The minimum atomic E-state index is 1.30. The van der Waals surface area contributed by atoms with E-state index in [1.165, 1.54) is 232 Å². The van der Waals surface area contributed by atoms with Gasteiger partial charge in [-0.25, -0.2) is 0 Å². The molecule has 0 aliphatic carbocycles. The summed E-state index contributed by atoms with van der Waals surface area (Å²) in [5, 5.41) is 0. The Morgan fingerprint density at radius 1 is 0.214 bits per heavy atom. The lowest BCUT2D eigenvalue weighted by Crippen LogP contribution is -2.22. The van der Waals surface area contributed by atoms with Crippen LogP contribution in [0.4, 0.5) is 0 Å². The second kappa shape index (κ2) is 37.1. The highest BCUT2D eigenvalue weighted by atomic mass is 15.1. The van der Waals surface area contributed by atoms with Crippen LogP contribution < -0.4 is 0 Å². The van der Waals surface area contributed by atoms with Crippen LogP contribution >= 0.6 is 0 Å². The van der Waals surface area contributed by atoms with Crippen molar-refractivity contribution in [1.82, 2.24) is 9.80 Å². The molecule has 0 aromatic rings. The van der Waals surface area contributed by atoms with E-state index in [0.717, 1.165) is 0 Å². The molecule has 42 heavy (non-hydrogen) atoms. The SMILES string of the molecule is CCCCCCCCCCCCCCCCN(C)CCCCCCN(C)CCCCCCCCCCCCCCCC. The first-order valence-electron chi connectivity index (χ1n) is 20.1. The second-order valence-corrected chi connectivity index (χ2v) is 14.2. The van der Waals surface area contributed by atoms with Crippen LogP contribution in [0.25, 0.3) is 0 Å². The van der Waals surface area contributed by atoms with E-state index in [0.29, 0.717) is 0 Å². The topological polar surface area (TPSA) is 6.48 Å². The third-order valence-corrected chi connectivity index (χ3v) is 9.62. The van der Waals surface area contributed by atoms with Gasteiger partial charge in [0.1, 0.15) is 0 Å². The van der Waals surface area contributed by atoms with Gasteiger partial charge in [-0.15, -0.1) is 0 Å². The minimum absolute atomic E-state index is 1.30. The van der Waals surface area contributed by atoms with Crippen LogP contribution in [0.3, 0.4) is 0 Å². The van der Waals surface area contributed by atoms with Crippen LogP contribution in [0.5, 0.6) is 0 Å². The summed E-state index contributed by atoms with van der Waals surface area (Å²) in [5.41, 5.74) is 0. The fourth-order valence-corrected chi connectivity index (χ4v) is 6.49. The maximum atomic E-state index is 2.59. The average Bonchev–Trinajstić information content (AvgIpc) is 2.99. The van der Waals surface area contributed by atoms with Gasteiger partial charge in [-0.2, -0.15) is 0 Å². The molecule has 0 aliphatic heterocycles. The molecule has 2 nitrogen and oxygen atoms in total. The summed E-state index contributed by atoms with van der Waals surface area (Å²) < 4.78 is 0. The molecule has 0 fully saturated rings. The van der Waals surface area contributed by atoms with E-state index in [1.807, 2.05) is 0 Å². The van der Waals surface area contributed by atoms with Crippen LogP contribution in [-0.2, 0) is 0 Å². The fourth-order valence-electron chi connectivity index (χ4n) is 6.49. The zero-order valence-corrected chi connectivity index (χ0v) is 30.4. The molecule has 0 saturated carbocycles. The first kappa shape index (κ1) is 41.9. The van der Waals surface area contributed by atoms with Crippen molar-refractivity contribution in [3.05, 3.63) is 0 Å². The molecule has 0 bridgehead atoms. The Labute approximate surface area is 268 Å². The number of hydrogen-bond acceptors (Lipinski definition) is 2.